The smallest absolute Gasteiger partial charge is 0.267 e. The summed E-state index contributed by atoms with van der Waals surface area (Å²) in [7, 11) is 1.61. The molecule has 0 aromatic carbocycles. The highest BCUT2D eigenvalue weighted by molar-refractivity contribution is 4.94. The van der Waals surface area contributed by atoms with Crippen molar-refractivity contribution in [3.05, 3.63) is 0 Å². The highest BCUT2D eigenvalue weighted by Gasteiger charge is 2.49. The van der Waals surface area contributed by atoms with Crippen molar-refractivity contribution < 1.29 is 13.9 Å². The number of alkyl halides is 2. The topological polar surface area (TPSA) is 23.5 Å². The Morgan fingerprint density at radius 3 is 2.08 bits per heavy atom. The van der Waals surface area contributed by atoms with Crippen LogP contribution in [0, 0.1) is 0 Å². The van der Waals surface area contributed by atoms with E-state index in [9.17, 15) is 8.78 Å². The highest BCUT2D eigenvalue weighted by atomic mass is 19.3. The van der Waals surface area contributed by atoms with Crippen LogP contribution < -0.4 is 0 Å². The number of aliphatic hydroxyl groups excluding tert-OH is 1. The number of likely N-dealkylation sites (tertiary alicyclic amines) is 1. The number of rotatable bonds is 1. The Balaban J connectivity index is 0.000000671. The minimum Gasteiger partial charge on any atom is -0.392 e. The third-order valence-electron chi connectivity index (χ3n) is 2.16. The molecule has 0 aliphatic carbocycles. The predicted octanol–water partition coefficient (Wildman–Crippen LogP) is 1.73. The summed E-state index contributed by atoms with van der Waals surface area (Å²) in [5.41, 5.74) is 0. The number of halogens is 2. The summed E-state index contributed by atoms with van der Waals surface area (Å²) in [6.45, 7) is 5.77. The second-order valence-corrected chi connectivity index (χ2v) is 3.18. The van der Waals surface area contributed by atoms with Gasteiger partial charge in [-0.3, -0.25) is 4.90 Å². The first-order valence-electron chi connectivity index (χ1n) is 4.71. The Kier molecular flexibility index (Phi) is 4.78. The quantitative estimate of drug-likeness (QED) is 0.688. The lowest BCUT2D eigenvalue weighted by Crippen LogP contribution is -2.44. The normalized spacial score (nSPS) is 29.3. The molecule has 1 aliphatic rings. The van der Waals surface area contributed by atoms with Gasteiger partial charge in [0.05, 0.1) is 12.1 Å². The number of hydrogen-bond donors (Lipinski definition) is 1. The van der Waals surface area contributed by atoms with E-state index in [0.717, 1.165) is 0 Å². The number of likely N-dealkylation sites (N-methyl/N-ethyl adjacent to an activating group) is 1. The third-order valence-corrected chi connectivity index (χ3v) is 2.16. The fourth-order valence-electron chi connectivity index (χ4n) is 1.66. The first kappa shape index (κ1) is 12.8. The van der Waals surface area contributed by atoms with E-state index in [1.165, 1.54) is 11.8 Å². The highest BCUT2D eigenvalue weighted by Crippen LogP contribution is 2.34. The van der Waals surface area contributed by atoms with Crippen LogP contribution >= 0.6 is 0 Å². The van der Waals surface area contributed by atoms with E-state index in [4.69, 9.17) is 5.11 Å². The first-order chi connectivity index (χ1) is 5.95. The predicted molar refractivity (Wildman–Crippen MR) is 49.0 cm³/mol. The fourth-order valence-corrected chi connectivity index (χ4v) is 1.66. The Morgan fingerprint density at radius 1 is 1.46 bits per heavy atom. The maximum absolute atomic E-state index is 12.9. The standard InChI is InChI=1S/C7H13F2NO.C2H6/c1-5(11)6-7(8,9)3-4-10(6)2;1-2/h5-6,11H,3-4H2,1-2H3;1-2H3/t5-,6+;/m0./s1. The van der Waals surface area contributed by atoms with Gasteiger partial charge < -0.3 is 5.11 Å². The van der Waals surface area contributed by atoms with Gasteiger partial charge in [0.25, 0.3) is 5.92 Å². The van der Waals surface area contributed by atoms with Crippen LogP contribution in [0.25, 0.3) is 0 Å². The molecule has 0 unspecified atom stereocenters. The van der Waals surface area contributed by atoms with Crippen LogP contribution in [0.3, 0.4) is 0 Å². The lowest BCUT2D eigenvalue weighted by atomic mass is 10.1. The summed E-state index contributed by atoms with van der Waals surface area (Å²) in [6.07, 6.45) is -1.10. The van der Waals surface area contributed by atoms with Crippen LogP contribution in [-0.2, 0) is 0 Å². The summed E-state index contributed by atoms with van der Waals surface area (Å²) in [4.78, 5) is 1.50. The van der Waals surface area contributed by atoms with Crippen LogP contribution in [0.5, 0.6) is 0 Å². The van der Waals surface area contributed by atoms with Crippen LogP contribution in [-0.4, -0.2) is 41.7 Å². The molecule has 0 aromatic heterocycles. The van der Waals surface area contributed by atoms with Crippen molar-refractivity contribution in [1.29, 1.82) is 0 Å². The van der Waals surface area contributed by atoms with Gasteiger partial charge in [0.2, 0.25) is 0 Å². The van der Waals surface area contributed by atoms with Gasteiger partial charge in [0.1, 0.15) is 0 Å². The van der Waals surface area contributed by atoms with E-state index >= 15 is 0 Å². The largest absolute Gasteiger partial charge is 0.392 e. The number of aliphatic hydroxyl groups is 1. The zero-order valence-electron chi connectivity index (χ0n) is 8.72. The van der Waals surface area contributed by atoms with Crippen LogP contribution in [0.4, 0.5) is 8.78 Å². The van der Waals surface area contributed by atoms with Gasteiger partial charge >= 0.3 is 0 Å². The van der Waals surface area contributed by atoms with Gasteiger partial charge in [-0.2, -0.15) is 0 Å². The lowest BCUT2D eigenvalue weighted by Gasteiger charge is -2.26. The van der Waals surface area contributed by atoms with Crippen LogP contribution in [0.15, 0.2) is 0 Å². The lowest BCUT2D eigenvalue weighted by molar-refractivity contribution is -0.0709. The Labute approximate surface area is 78.5 Å². The average molecular weight is 195 g/mol. The van der Waals surface area contributed by atoms with Crippen LogP contribution in [0.1, 0.15) is 27.2 Å². The van der Waals surface area contributed by atoms with Crippen molar-refractivity contribution in [2.24, 2.45) is 0 Å². The molecule has 1 N–H and O–H groups in total. The fraction of sp³-hybridized carbons (Fsp3) is 1.00. The van der Waals surface area contributed by atoms with Gasteiger partial charge in [-0.25, -0.2) is 8.78 Å². The zero-order valence-corrected chi connectivity index (χ0v) is 8.72. The van der Waals surface area contributed by atoms with Gasteiger partial charge in [-0.05, 0) is 14.0 Å². The minimum absolute atomic E-state index is 0.140. The second-order valence-electron chi connectivity index (χ2n) is 3.18. The molecule has 0 spiro atoms. The van der Waals surface area contributed by atoms with Crippen molar-refractivity contribution in [1.82, 2.24) is 4.90 Å². The molecule has 1 aliphatic heterocycles. The molecule has 0 aromatic rings. The van der Waals surface area contributed by atoms with E-state index in [0.29, 0.717) is 6.54 Å². The molecular weight excluding hydrogens is 176 g/mol. The molecular formula is C9H19F2NO. The summed E-state index contributed by atoms with van der Waals surface area (Å²) in [5.74, 6) is -2.72. The summed E-state index contributed by atoms with van der Waals surface area (Å²) < 4.78 is 25.8. The molecule has 1 saturated heterocycles. The van der Waals surface area contributed by atoms with Crippen molar-refractivity contribution in [3.8, 4) is 0 Å². The van der Waals surface area contributed by atoms with E-state index in [2.05, 4.69) is 0 Å². The van der Waals surface area contributed by atoms with Gasteiger partial charge in [0, 0.05) is 13.0 Å². The molecule has 1 heterocycles. The molecule has 0 saturated carbocycles. The third kappa shape index (κ3) is 2.88. The van der Waals surface area contributed by atoms with Gasteiger partial charge in [-0.15, -0.1) is 0 Å². The summed E-state index contributed by atoms with van der Waals surface area (Å²) >= 11 is 0. The zero-order chi connectivity index (χ0) is 10.6. The van der Waals surface area contributed by atoms with E-state index < -0.39 is 18.1 Å². The van der Waals surface area contributed by atoms with Crippen LogP contribution in [0.2, 0.25) is 0 Å². The van der Waals surface area contributed by atoms with Gasteiger partial charge in [0.15, 0.2) is 0 Å². The molecule has 13 heavy (non-hydrogen) atoms. The monoisotopic (exact) mass is 195 g/mol. The maximum atomic E-state index is 12.9. The molecule has 80 valence electrons. The summed E-state index contributed by atoms with van der Waals surface area (Å²) in [5, 5.41) is 9.04. The van der Waals surface area contributed by atoms with Gasteiger partial charge in [-0.1, -0.05) is 13.8 Å². The Morgan fingerprint density at radius 2 is 1.92 bits per heavy atom. The second kappa shape index (κ2) is 4.86. The van der Waals surface area contributed by atoms with E-state index in [1.54, 1.807) is 7.05 Å². The Bertz CT molecular complexity index is 151. The molecule has 1 rings (SSSR count). The van der Waals surface area contributed by atoms with E-state index in [-0.39, 0.29) is 6.42 Å². The molecule has 4 heteroatoms. The first-order valence-corrected chi connectivity index (χ1v) is 4.71. The molecule has 2 nitrogen and oxygen atoms in total. The summed E-state index contributed by atoms with van der Waals surface area (Å²) in [6, 6.07) is -0.998. The molecule has 2 atom stereocenters. The van der Waals surface area contributed by atoms with Crippen molar-refractivity contribution in [2.75, 3.05) is 13.6 Å². The number of nitrogens with zero attached hydrogens (tertiary/aromatic N) is 1. The van der Waals surface area contributed by atoms with Crippen molar-refractivity contribution in [2.45, 2.75) is 45.3 Å². The number of hydrogen-bond acceptors (Lipinski definition) is 2. The van der Waals surface area contributed by atoms with Crippen molar-refractivity contribution >= 4 is 0 Å². The molecule has 1 fully saturated rings. The van der Waals surface area contributed by atoms with E-state index in [1.807, 2.05) is 13.8 Å². The molecule has 0 amide bonds. The average Bonchev–Trinajstić information content (AvgIpc) is 2.29. The molecule has 0 radical (unpaired) electrons. The maximum Gasteiger partial charge on any atom is 0.267 e. The molecule has 0 bridgehead atoms. The minimum atomic E-state index is -2.72. The Hall–Kier alpha value is -0.220. The van der Waals surface area contributed by atoms with Crippen molar-refractivity contribution in [3.63, 3.8) is 0 Å². The SMILES string of the molecule is CC.C[C@H](O)[C@H]1N(C)CCC1(F)F.